The average Bonchev–Trinajstić information content (AvgIpc) is 2.68. The molecule has 1 N–H and O–H groups in total. The van der Waals surface area contributed by atoms with Crippen LogP contribution >= 0.6 is 11.6 Å². The second-order valence-electron chi connectivity index (χ2n) is 5.43. The third-order valence-corrected chi connectivity index (χ3v) is 4.40. The van der Waals surface area contributed by atoms with E-state index in [-0.39, 0.29) is 16.9 Å². The monoisotopic (exact) mass is 283 g/mol. The van der Waals surface area contributed by atoms with Crippen molar-refractivity contribution >= 4 is 11.6 Å². The van der Waals surface area contributed by atoms with E-state index in [2.05, 4.69) is 12.2 Å². The van der Waals surface area contributed by atoms with Gasteiger partial charge in [-0.15, -0.1) is 0 Å². The fourth-order valence-corrected chi connectivity index (χ4v) is 3.34. The molecule has 19 heavy (non-hydrogen) atoms. The fraction of sp³-hybridized carbons (Fsp3) is 0.625. The largest absolute Gasteiger partial charge is 0.310 e. The lowest BCUT2D eigenvalue weighted by atomic mass is 9.87. The Labute approximate surface area is 120 Å². The van der Waals surface area contributed by atoms with E-state index in [9.17, 15) is 4.39 Å². The zero-order valence-electron chi connectivity index (χ0n) is 11.6. The molecule has 1 aliphatic rings. The number of halogens is 2. The van der Waals surface area contributed by atoms with Gasteiger partial charge >= 0.3 is 0 Å². The lowest BCUT2D eigenvalue weighted by molar-refractivity contribution is 0.322. The second kappa shape index (κ2) is 7.25. The Balaban J connectivity index is 2.25. The van der Waals surface area contributed by atoms with E-state index in [1.54, 1.807) is 6.07 Å². The van der Waals surface area contributed by atoms with E-state index in [1.807, 2.05) is 12.1 Å². The molecule has 0 amide bonds. The van der Waals surface area contributed by atoms with Gasteiger partial charge in [0.25, 0.3) is 0 Å². The van der Waals surface area contributed by atoms with Gasteiger partial charge in [-0.2, -0.15) is 0 Å². The van der Waals surface area contributed by atoms with Crippen molar-refractivity contribution in [2.45, 2.75) is 51.5 Å². The summed E-state index contributed by atoms with van der Waals surface area (Å²) in [6.45, 7) is 2.93. The maximum Gasteiger partial charge on any atom is 0.146 e. The molecule has 0 aliphatic heterocycles. The fourth-order valence-electron chi connectivity index (χ4n) is 3.16. The van der Waals surface area contributed by atoms with E-state index in [1.165, 1.54) is 38.5 Å². The van der Waals surface area contributed by atoms with E-state index < -0.39 is 0 Å². The normalized spacial score (nSPS) is 19.1. The summed E-state index contributed by atoms with van der Waals surface area (Å²) in [6.07, 6.45) is 7.51. The molecule has 0 heterocycles. The molecule has 1 nitrogen and oxygen atoms in total. The molecule has 1 aliphatic carbocycles. The van der Waals surface area contributed by atoms with E-state index in [0.717, 1.165) is 12.1 Å². The number of nitrogens with one attached hydrogen (secondary N) is 1. The van der Waals surface area contributed by atoms with Crippen LogP contribution in [0.25, 0.3) is 0 Å². The van der Waals surface area contributed by atoms with Crippen LogP contribution in [0.3, 0.4) is 0 Å². The van der Waals surface area contributed by atoms with Crippen molar-refractivity contribution in [2.24, 2.45) is 5.92 Å². The van der Waals surface area contributed by atoms with Gasteiger partial charge < -0.3 is 5.32 Å². The van der Waals surface area contributed by atoms with Gasteiger partial charge in [0.15, 0.2) is 0 Å². The predicted octanol–water partition coefficient (Wildman–Crippen LogP) is 5.10. The van der Waals surface area contributed by atoms with Crippen LogP contribution in [0, 0.1) is 11.7 Å². The molecular formula is C16H23ClFN. The maximum atomic E-state index is 14.3. The van der Waals surface area contributed by atoms with Crippen LogP contribution in [0.5, 0.6) is 0 Å². The molecule has 0 aromatic heterocycles. The first-order valence-electron chi connectivity index (χ1n) is 7.41. The minimum atomic E-state index is -0.251. The smallest absolute Gasteiger partial charge is 0.146 e. The third kappa shape index (κ3) is 3.70. The highest BCUT2D eigenvalue weighted by molar-refractivity contribution is 6.30. The summed E-state index contributed by atoms with van der Waals surface area (Å²) in [4.78, 5) is 0. The SMILES string of the molecule is CCNC(c1cccc(Cl)c1F)C1CCCCCC1. The Kier molecular flexibility index (Phi) is 5.65. The Hall–Kier alpha value is -0.600. The van der Waals surface area contributed by atoms with Crippen molar-refractivity contribution in [1.29, 1.82) is 0 Å². The molecule has 0 radical (unpaired) electrons. The highest BCUT2D eigenvalue weighted by Gasteiger charge is 2.26. The summed E-state index contributed by atoms with van der Waals surface area (Å²) in [5.41, 5.74) is 0.737. The van der Waals surface area contributed by atoms with E-state index in [4.69, 9.17) is 11.6 Å². The highest BCUT2D eigenvalue weighted by Crippen LogP contribution is 2.35. The van der Waals surface area contributed by atoms with Gasteiger partial charge in [0.2, 0.25) is 0 Å². The molecule has 0 saturated heterocycles. The average molecular weight is 284 g/mol. The minimum Gasteiger partial charge on any atom is -0.310 e. The highest BCUT2D eigenvalue weighted by atomic mass is 35.5. The molecule has 0 bridgehead atoms. The molecule has 1 saturated carbocycles. The van der Waals surface area contributed by atoms with Gasteiger partial charge in [0, 0.05) is 11.6 Å². The van der Waals surface area contributed by atoms with Crippen molar-refractivity contribution in [3.63, 3.8) is 0 Å². The molecular weight excluding hydrogens is 261 g/mol. The van der Waals surface area contributed by atoms with Crippen LogP contribution in [0.1, 0.15) is 57.1 Å². The van der Waals surface area contributed by atoms with Crippen molar-refractivity contribution in [2.75, 3.05) is 6.54 Å². The van der Waals surface area contributed by atoms with Crippen molar-refractivity contribution in [1.82, 2.24) is 5.32 Å². The topological polar surface area (TPSA) is 12.0 Å². The van der Waals surface area contributed by atoms with Gasteiger partial charge in [-0.1, -0.05) is 56.3 Å². The number of hydrogen-bond donors (Lipinski definition) is 1. The number of benzene rings is 1. The summed E-state index contributed by atoms with van der Waals surface area (Å²) in [5, 5.41) is 3.70. The summed E-state index contributed by atoms with van der Waals surface area (Å²) in [5.74, 6) is 0.273. The van der Waals surface area contributed by atoms with Gasteiger partial charge in [-0.25, -0.2) is 4.39 Å². The first kappa shape index (κ1) is 14.8. The quantitative estimate of drug-likeness (QED) is 0.758. The van der Waals surface area contributed by atoms with Crippen molar-refractivity contribution < 1.29 is 4.39 Å². The van der Waals surface area contributed by atoms with Gasteiger partial charge in [0.05, 0.1) is 5.02 Å². The van der Waals surface area contributed by atoms with Gasteiger partial charge in [-0.3, -0.25) is 0 Å². The summed E-state index contributed by atoms with van der Waals surface area (Å²) in [7, 11) is 0. The predicted molar refractivity (Wildman–Crippen MR) is 79.0 cm³/mol. The minimum absolute atomic E-state index is 0.0989. The van der Waals surface area contributed by atoms with Gasteiger partial charge in [-0.05, 0) is 31.4 Å². The van der Waals surface area contributed by atoms with E-state index >= 15 is 0 Å². The zero-order valence-corrected chi connectivity index (χ0v) is 12.3. The molecule has 1 atom stereocenters. The Morgan fingerprint density at radius 1 is 1.26 bits per heavy atom. The Morgan fingerprint density at radius 3 is 2.58 bits per heavy atom. The van der Waals surface area contributed by atoms with Crippen LogP contribution in [0.2, 0.25) is 5.02 Å². The summed E-state index contributed by atoms with van der Waals surface area (Å²) in [6, 6.07) is 5.44. The van der Waals surface area contributed by atoms with Crippen LogP contribution in [0.15, 0.2) is 18.2 Å². The Bertz CT molecular complexity index is 400. The molecule has 0 spiro atoms. The lowest BCUT2D eigenvalue weighted by Crippen LogP contribution is -2.29. The van der Waals surface area contributed by atoms with Crippen molar-refractivity contribution in [3.8, 4) is 0 Å². The van der Waals surface area contributed by atoms with Crippen molar-refractivity contribution in [3.05, 3.63) is 34.6 Å². The molecule has 2 rings (SSSR count). The summed E-state index contributed by atoms with van der Waals surface area (Å²) < 4.78 is 14.3. The molecule has 1 unspecified atom stereocenters. The van der Waals surface area contributed by atoms with Crippen LogP contribution in [0.4, 0.5) is 4.39 Å². The van der Waals surface area contributed by atoms with E-state index in [0.29, 0.717) is 5.92 Å². The first-order chi connectivity index (χ1) is 9.24. The number of rotatable bonds is 4. The second-order valence-corrected chi connectivity index (χ2v) is 5.84. The Morgan fingerprint density at radius 2 is 1.95 bits per heavy atom. The molecule has 1 aromatic carbocycles. The molecule has 3 heteroatoms. The standard InChI is InChI=1S/C16H23ClFN/c1-2-19-16(12-8-5-3-4-6-9-12)13-10-7-11-14(17)15(13)18/h7,10-12,16,19H,2-6,8-9H2,1H3. The van der Waals surface area contributed by atoms with Crippen LogP contribution < -0.4 is 5.32 Å². The van der Waals surface area contributed by atoms with Crippen LogP contribution in [-0.4, -0.2) is 6.54 Å². The molecule has 1 fully saturated rings. The lowest BCUT2D eigenvalue weighted by Gasteiger charge is -2.28. The molecule has 1 aromatic rings. The molecule has 106 valence electrons. The first-order valence-corrected chi connectivity index (χ1v) is 7.79. The summed E-state index contributed by atoms with van der Waals surface area (Å²) >= 11 is 5.93. The zero-order chi connectivity index (χ0) is 13.7. The van der Waals surface area contributed by atoms with Gasteiger partial charge in [0.1, 0.15) is 5.82 Å². The number of hydrogen-bond acceptors (Lipinski definition) is 1. The third-order valence-electron chi connectivity index (χ3n) is 4.11. The maximum absolute atomic E-state index is 14.3. The van der Waals surface area contributed by atoms with Crippen LogP contribution in [-0.2, 0) is 0 Å².